The molecule has 3 aromatic rings. The van der Waals surface area contributed by atoms with Crippen molar-refractivity contribution in [1.82, 2.24) is 14.3 Å². The van der Waals surface area contributed by atoms with Gasteiger partial charge in [0.1, 0.15) is 21.5 Å². The summed E-state index contributed by atoms with van der Waals surface area (Å²) in [5, 5.41) is 3.30. The molecule has 0 saturated carbocycles. The minimum Gasteiger partial charge on any atom is -0.467 e. The van der Waals surface area contributed by atoms with E-state index in [-0.39, 0.29) is 18.0 Å². The van der Waals surface area contributed by atoms with Gasteiger partial charge in [-0.1, -0.05) is 49.8 Å². The summed E-state index contributed by atoms with van der Waals surface area (Å²) >= 11 is 6.59. The molecule has 9 heteroatoms. The largest absolute Gasteiger partial charge is 0.467 e. The Bertz CT molecular complexity index is 1250. The van der Waals surface area contributed by atoms with Crippen LogP contribution in [0.4, 0.5) is 5.82 Å². The Morgan fingerprint density at radius 3 is 2.84 bits per heavy atom. The highest BCUT2D eigenvalue weighted by atomic mass is 32.2. The summed E-state index contributed by atoms with van der Waals surface area (Å²) in [6, 6.07) is 7.29. The number of amides is 1. The predicted octanol–water partition coefficient (Wildman–Crippen LogP) is 4.60. The number of carbonyl (C=O) groups is 1. The van der Waals surface area contributed by atoms with Crippen molar-refractivity contribution in [2.45, 2.75) is 39.7 Å². The average Bonchev–Trinajstić information content (AvgIpc) is 3.38. The van der Waals surface area contributed by atoms with Gasteiger partial charge in [0.2, 0.25) is 0 Å². The molecule has 1 saturated heterocycles. The van der Waals surface area contributed by atoms with Gasteiger partial charge in [-0.15, -0.1) is 0 Å². The molecular formula is C23H24N4O3S2. The fourth-order valence-corrected chi connectivity index (χ4v) is 4.72. The molecule has 0 radical (unpaired) electrons. The summed E-state index contributed by atoms with van der Waals surface area (Å²) in [4.78, 5) is 33.0. The number of nitrogens with one attached hydrogen (secondary N) is 1. The Morgan fingerprint density at radius 2 is 2.09 bits per heavy atom. The molecule has 32 heavy (non-hydrogen) atoms. The van der Waals surface area contributed by atoms with E-state index in [1.165, 1.54) is 21.1 Å². The molecule has 1 N–H and O–H groups in total. The summed E-state index contributed by atoms with van der Waals surface area (Å²) in [5.41, 5.74) is 1.62. The van der Waals surface area contributed by atoms with Gasteiger partial charge in [0.05, 0.1) is 23.3 Å². The van der Waals surface area contributed by atoms with E-state index in [1.54, 1.807) is 30.7 Å². The molecule has 1 aliphatic rings. The van der Waals surface area contributed by atoms with Gasteiger partial charge >= 0.3 is 0 Å². The van der Waals surface area contributed by atoms with Gasteiger partial charge in [-0.3, -0.25) is 18.9 Å². The molecule has 0 bridgehead atoms. The predicted molar refractivity (Wildman–Crippen MR) is 132 cm³/mol. The van der Waals surface area contributed by atoms with E-state index in [2.05, 4.69) is 12.2 Å². The number of hydrogen-bond donors (Lipinski definition) is 1. The standard InChI is InChI=1S/C23H24N4O3S2/c1-3-4-5-10-24-19-17(21(28)26-11-6-8-15(2)20(26)25-19)13-18-22(29)27(23(31)32-18)14-16-9-7-12-30-16/h6-9,11-13,24H,3-5,10,14H2,1-2H3. The molecule has 1 amide bonds. The van der Waals surface area contributed by atoms with Crippen molar-refractivity contribution in [3.05, 3.63) is 68.9 Å². The Labute approximate surface area is 195 Å². The van der Waals surface area contributed by atoms with Crippen LogP contribution in [0.3, 0.4) is 0 Å². The van der Waals surface area contributed by atoms with Crippen LogP contribution in [0.5, 0.6) is 0 Å². The van der Waals surface area contributed by atoms with Crippen LogP contribution in [-0.4, -0.2) is 31.1 Å². The number of fused-ring (bicyclic) bond motifs is 1. The van der Waals surface area contributed by atoms with Crippen LogP contribution in [0.2, 0.25) is 0 Å². The second kappa shape index (κ2) is 9.70. The third-order valence-electron chi connectivity index (χ3n) is 5.20. The summed E-state index contributed by atoms with van der Waals surface area (Å²) < 4.78 is 7.30. The lowest BCUT2D eigenvalue weighted by Crippen LogP contribution is -2.27. The smallest absolute Gasteiger partial charge is 0.267 e. The van der Waals surface area contributed by atoms with Gasteiger partial charge in [-0.25, -0.2) is 4.98 Å². The lowest BCUT2D eigenvalue weighted by atomic mass is 10.2. The second-order valence-electron chi connectivity index (χ2n) is 7.55. The number of carbonyl (C=O) groups excluding carboxylic acids is 1. The number of hydrogen-bond acceptors (Lipinski definition) is 7. The molecule has 0 aromatic carbocycles. The first-order valence-electron chi connectivity index (χ1n) is 10.5. The number of thioether (sulfide) groups is 1. The maximum Gasteiger partial charge on any atom is 0.267 e. The molecule has 0 unspecified atom stereocenters. The van der Waals surface area contributed by atoms with Crippen molar-refractivity contribution in [3.8, 4) is 0 Å². The Balaban J connectivity index is 1.73. The van der Waals surface area contributed by atoms with E-state index in [9.17, 15) is 9.59 Å². The van der Waals surface area contributed by atoms with Crippen molar-refractivity contribution < 1.29 is 9.21 Å². The maximum absolute atomic E-state index is 13.4. The number of aromatic nitrogens is 2. The number of furan rings is 1. The second-order valence-corrected chi connectivity index (χ2v) is 9.22. The molecular weight excluding hydrogens is 444 g/mol. The van der Waals surface area contributed by atoms with Crippen LogP contribution >= 0.6 is 24.0 Å². The highest BCUT2D eigenvalue weighted by molar-refractivity contribution is 8.26. The highest BCUT2D eigenvalue weighted by Gasteiger charge is 2.33. The summed E-state index contributed by atoms with van der Waals surface area (Å²) in [6.45, 7) is 5.01. The minimum absolute atomic E-state index is 0.229. The van der Waals surface area contributed by atoms with Crippen LogP contribution in [0, 0.1) is 6.92 Å². The third-order valence-corrected chi connectivity index (χ3v) is 6.58. The number of anilines is 1. The van der Waals surface area contributed by atoms with E-state index in [4.69, 9.17) is 21.6 Å². The fraction of sp³-hybridized carbons (Fsp3) is 0.304. The van der Waals surface area contributed by atoms with Gasteiger partial charge in [-0.2, -0.15) is 0 Å². The molecule has 4 heterocycles. The molecule has 0 aliphatic carbocycles. The molecule has 4 rings (SSSR count). The Morgan fingerprint density at radius 1 is 1.25 bits per heavy atom. The number of aryl methyl sites for hydroxylation is 1. The average molecular weight is 469 g/mol. The van der Waals surface area contributed by atoms with Crippen molar-refractivity contribution in [1.29, 1.82) is 0 Å². The van der Waals surface area contributed by atoms with Gasteiger partial charge in [0, 0.05) is 12.7 Å². The van der Waals surface area contributed by atoms with Crippen LogP contribution in [0.15, 0.2) is 50.8 Å². The van der Waals surface area contributed by atoms with Crippen LogP contribution in [0.25, 0.3) is 11.7 Å². The van der Waals surface area contributed by atoms with Crippen LogP contribution < -0.4 is 10.9 Å². The number of unbranched alkanes of at least 4 members (excludes halogenated alkanes) is 2. The number of nitrogens with zero attached hydrogens (tertiary/aromatic N) is 3. The molecule has 0 atom stereocenters. The normalized spacial score (nSPS) is 15.3. The summed E-state index contributed by atoms with van der Waals surface area (Å²) in [5.74, 6) is 0.877. The van der Waals surface area contributed by atoms with E-state index in [1.807, 2.05) is 19.1 Å². The number of rotatable bonds is 8. The first-order chi connectivity index (χ1) is 15.5. The number of thiocarbonyl (C=S) groups is 1. The molecule has 7 nitrogen and oxygen atoms in total. The van der Waals surface area contributed by atoms with Crippen LogP contribution in [0.1, 0.15) is 43.1 Å². The maximum atomic E-state index is 13.4. The molecule has 1 aliphatic heterocycles. The first kappa shape index (κ1) is 22.3. The molecule has 3 aromatic heterocycles. The minimum atomic E-state index is -0.248. The van der Waals surface area contributed by atoms with Crippen molar-refractivity contribution >= 4 is 51.7 Å². The zero-order valence-electron chi connectivity index (χ0n) is 18.0. The van der Waals surface area contributed by atoms with E-state index in [0.717, 1.165) is 24.8 Å². The monoisotopic (exact) mass is 468 g/mol. The third kappa shape index (κ3) is 4.49. The van der Waals surface area contributed by atoms with Gasteiger partial charge in [0.25, 0.3) is 11.5 Å². The van der Waals surface area contributed by atoms with Crippen molar-refractivity contribution in [3.63, 3.8) is 0 Å². The van der Waals surface area contributed by atoms with Crippen molar-refractivity contribution in [2.24, 2.45) is 0 Å². The SMILES string of the molecule is CCCCCNc1nc2c(C)cccn2c(=O)c1C=C1SC(=S)N(Cc2ccco2)C1=O. The van der Waals surface area contributed by atoms with Gasteiger partial charge in [-0.05, 0) is 43.2 Å². The molecule has 166 valence electrons. The topological polar surface area (TPSA) is 79.9 Å². The Hall–Kier alpha value is -2.91. The zero-order chi connectivity index (χ0) is 22.7. The highest BCUT2D eigenvalue weighted by Crippen LogP contribution is 2.34. The lowest BCUT2D eigenvalue weighted by molar-refractivity contribution is -0.122. The zero-order valence-corrected chi connectivity index (χ0v) is 19.6. The molecule has 0 spiro atoms. The quantitative estimate of drug-likeness (QED) is 0.294. The summed E-state index contributed by atoms with van der Waals surface area (Å²) in [6.07, 6.45) is 8.00. The fourth-order valence-electron chi connectivity index (χ4n) is 3.48. The van der Waals surface area contributed by atoms with Crippen LogP contribution in [-0.2, 0) is 11.3 Å². The summed E-state index contributed by atoms with van der Waals surface area (Å²) in [7, 11) is 0. The Kier molecular flexibility index (Phi) is 6.76. The van der Waals surface area contributed by atoms with E-state index >= 15 is 0 Å². The van der Waals surface area contributed by atoms with Crippen molar-refractivity contribution in [2.75, 3.05) is 11.9 Å². The first-order valence-corrected chi connectivity index (χ1v) is 11.8. The van der Waals surface area contributed by atoms with Gasteiger partial charge < -0.3 is 9.73 Å². The number of pyridine rings is 1. The van der Waals surface area contributed by atoms with E-state index in [0.29, 0.717) is 38.6 Å². The lowest BCUT2D eigenvalue weighted by Gasteiger charge is -2.13. The van der Waals surface area contributed by atoms with E-state index < -0.39 is 0 Å². The molecule has 1 fully saturated rings. The van der Waals surface area contributed by atoms with Gasteiger partial charge in [0.15, 0.2) is 0 Å².